The van der Waals surface area contributed by atoms with E-state index in [2.05, 4.69) is 15.3 Å². The van der Waals surface area contributed by atoms with Crippen LogP contribution in [0, 0.1) is 13.8 Å². The molecule has 1 N–H and O–H groups in total. The smallest absolute Gasteiger partial charge is 0.230 e. The van der Waals surface area contributed by atoms with Gasteiger partial charge in [-0.25, -0.2) is 9.97 Å². The highest BCUT2D eigenvalue weighted by atomic mass is 35.5. The number of amides is 1. The van der Waals surface area contributed by atoms with Gasteiger partial charge in [0.1, 0.15) is 0 Å². The highest BCUT2D eigenvalue weighted by Gasteiger charge is 2.08. The Balaban J connectivity index is 2.05. The van der Waals surface area contributed by atoms with Crippen LogP contribution in [0.4, 0.5) is 5.82 Å². The number of carbonyl (C=O) groups excluding carboxylic acids is 1. The third-order valence-electron chi connectivity index (χ3n) is 2.85. The van der Waals surface area contributed by atoms with Gasteiger partial charge in [-0.1, -0.05) is 29.8 Å². The van der Waals surface area contributed by atoms with Crippen molar-refractivity contribution in [1.29, 1.82) is 0 Å². The van der Waals surface area contributed by atoms with Crippen molar-refractivity contribution in [3.05, 3.63) is 52.4 Å². The van der Waals surface area contributed by atoms with Crippen LogP contribution < -0.4 is 5.32 Å². The van der Waals surface area contributed by atoms with Gasteiger partial charge in [0.05, 0.1) is 6.42 Å². The van der Waals surface area contributed by atoms with E-state index < -0.39 is 0 Å². The number of anilines is 1. The minimum Gasteiger partial charge on any atom is -0.308 e. The van der Waals surface area contributed by atoms with Crippen molar-refractivity contribution >= 4 is 23.3 Å². The number of benzene rings is 1. The van der Waals surface area contributed by atoms with E-state index in [1.54, 1.807) is 0 Å². The summed E-state index contributed by atoms with van der Waals surface area (Å²) in [4.78, 5) is 19.7. The Bertz CT molecular complexity index is 613. The molecule has 0 fully saturated rings. The summed E-state index contributed by atoms with van der Waals surface area (Å²) in [5, 5.41) is 2.84. The molecule has 0 aliphatic heterocycles. The number of nitrogens with zero attached hydrogens (tertiary/aromatic N) is 2. The van der Waals surface area contributed by atoms with Crippen LogP contribution in [-0.4, -0.2) is 15.9 Å². The second-order valence-electron chi connectivity index (χ2n) is 4.34. The van der Waals surface area contributed by atoms with E-state index in [1.807, 2.05) is 32.0 Å². The van der Waals surface area contributed by atoms with Crippen molar-refractivity contribution in [2.45, 2.75) is 20.3 Å². The molecule has 0 saturated heterocycles. The molecule has 0 unspecified atom stereocenters. The van der Waals surface area contributed by atoms with Gasteiger partial charge >= 0.3 is 0 Å². The maximum atomic E-state index is 11.9. The molecule has 0 aliphatic carbocycles. The molecule has 1 heterocycles. The van der Waals surface area contributed by atoms with Gasteiger partial charge < -0.3 is 5.32 Å². The topological polar surface area (TPSA) is 54.9 Å². The standard InChI is InChI=1S/C14H14ClN3O/c1-9-3-4-11(7-10(9)2)8-12(19)18-14-13(15)16-5-6-17-14/h3-7H,8H2,1-2H3,(H,17,18,19). The number of carbonyl (C=O) groups is 1. The molecular weight excluding hydrogens is 262 g/mol. The summed E-state index contributed by atoms with van der Waals surface area (Å²) in [6.07, 6.45) is 3.24. The van der Waals surface area contributed by atoms with Gasteiger partial charge in [0.2, 0.25) is 5.91 Å². The fourth-order valence-corrected chi connectivity index (χ4v) is 1.83. The first kappa shape index (κ1) is 13.5. The van der Waals surface area contributed by atoms with E-state index in [0.717, 1.165) is 5.56 Å². The average Bonchev–Trinajstić information content (AvgIpc) is 2.37. The Morgan fingerprint density at radius 3 is 2.63 bits per heavy atom. The van der Waals surface area contributed by atoms with E-state index in [9.17, 15) is 4.79 Å². The lowest BCUT2D eigenvalue weighted by Crippen LogP contribution is -2.16. The third kappa shape index (κ3) is 3.51. The number of aryl methyl sites for hydroxylation is 2. The Morgan fingerprint density at radius 1 is 1.21 bits per heavy atom. The second-order valence-corrected chi connectivity index (χ2v) is 4.70. The average molecular weight is 276 g/mol. The largest absolute Gasteiger partial charge is 0.308 e. The quantitative estimate of drug-likeness (QED) is 0.937. The zero-order valence-corrected chi connectivity index (χ0v) is 11.5. The molecule has 19 heavy (non-hydrogen) atoms. The molecule has 1 aromatic carbocycles. The van der Waals surface area contributed by atoms with Crippen molar-refractivity contribution in [1.82, 2.24) is 9.97 Å². The lowest BCUT2D eigenvalue weighted by Gasteiger charge is -2.07. The molecule has 4 nitrogen and oxygen atoms in total. The van der Waals surface area contributed by atoms with Crippen LogP contribution in [0.2, 0.25) is 5.15 Å². The Hall–Kier alpha value is -1.94. The minimum absolute atomic E-state index is 0.161. The molecule has 0 aliphatic rings. The summed E-state index contributed by atoms with van der Waals surface area (Å²) in [5.41, 5.74) is 3.34. The van der Waals surface area contributed by atoms with E-state index >= 15 is 0 Å². The van der Waals surface area contributed by atoms with Gasteiger partial charge in [-0.05, 0) is 30.5 Å². The van der Waals surface area contributed by atoms with Gasteiger partial charge in [-0.2, -0.15) is 0 Å². The zero-order valence-electron chi connectivity index (χ0n) is 10.8. The first-order valence-electron chi connectivity index (χ1n) is 5.89. The highest BCUT2D eigenvalue weighted by Crippen LogP contribution is 2.15. The third-order valence-corrected chi connectivity index (χ3v) is 3.12. The summed E-state index contributed by atoms with van der Waals surface area (Å²) in [5.74, 6) is 0.128. The van der Waals surface area contributed by atoms with Gasteiger partial charge in [-0.15, -0.1) is 0 Å². The number of halogens is 1. The van der Waals surface area contributed by atoms with Crippen molar-refractivity contribution in [2.75, 3.05) is 5.32 Å². The molecule has 0 bridgehead atoms. The fourth-order valence-electron chi connectivity index (χ4n) is 1.68. The van der Waals surface area contributed by atoms with Crippen LogP contribution in [0.15, 0.2) is 30.6 Å². The summed E-state index contributed by atoms with van der Waals surface area (Å²) >= 11 is 5.83. The van der Waals surface area contributed by atoms with Crippen LogP contribution in [0.1, 0.15) is 16.7 Å². The SMILES string of the molecule is Cc1ccc(CC(=O)Nc2nccnc2Cl)cc1C. The Morgan fingerprint density at radius 2 is 1.95 bits per heavy atom. The van der Waals surface area contributed by atoms with E-state index in [-0.39, 0.29) is 23.3 Å². The summed E-state index contributed by atoms with van der Waals surface area (Å²) in [7, 11) is 0. The Kier molecular flexibility index (Phi) is 4.12. The van der Waals surface area contributed by atoms with Crippen LogP contribution in [0.5, 0.6) is 0 Å². The van der Waals surface area contributed by atoms with Crippen LogP contribution in [-0.2, 0) is 11.2 Å². The molecular formula is C14H14ClN3O. The molecule has 2 aromatic rings. The number of rotatable bonds is 3. The van der Waals surface area contributed by atoms with Gasteiger partial charge in [-0.3, -0.25) is 4.79 Å². The number of nitrogens with one attached hydrogen (secondary N) is 1. The van der Waals surface area contributed by atoms with Crippen molar-refractivity contribution < 1.29 is 4.79 Å². The number of aromatic nitrogens is 2. The molecule has 2 rings (SSSR count). The van der Waals surface area contributed by atoms with Crippen molar-refractivity contribution in [3.8, 4) is 0 Å². The lowest BCUT2D eigenvalue weighted by molar-refractivity contribution is -0.115. The molecule has 5 heteroatoms. The maximum absolute atomic E-state index is 11.9. The van der Waals surface area contributed by atoms with E-state index in [1.165, 1.54) is 23.5 Å². The number of hydrogen-bond donors (Lipinski definition) is 1. The van der Waals surface area contributed by atoms with Gasteiger partial charge in [0.15, 0.2) is 11.0 Å². The fraction of sp³-hybridized carbons (Fsp3) is 0.214. The molecule has 0 atom stereocenters. The first-order chi connectivity index (χ1) is 9.06. The van der Waals surface area contributed by atoms with Crippen LogP contribution in [0.25, 0.3) is 0 Å². The summed E-state index contributed by atoms with van der Waals surface area (Å²) < 4.78 is 0. The Labute approximate surface area is 116 Å². The van der Waals surface area contributed by atoms with Crippen LogP contribution >= 0.6 is 11.6 Å². The minimum atomic E-state index is -0.161. The first-order valence-corrected chi connectivity index (χ1v) is 6.26. The zero-order chi connectivity index (χ0) is 13.8. The highest BCUT2D eigenvalue weighted by molar-refractivity contribution is 6.32. The van der Waals surface area contributed by atoms with E-state index in [4.69, 9.17) is 11.6 Å². The van der Waals surface area contributed by atoms with E-state index in [0.29, 0.717) is 0 Å². The van der Waals surface area contributed by atoms with Gasteiger partial charge in [0.25, 0.3) is 0 Å². The number of hydrogen-bond acceptors (Lipinski definition) is 3. The van der Waals surface area contributed by atoms with Crippen LogP contribution in [0.3, 0.4) is 0 Å². The molecule has 98 valence electrons. The predicted molar refractivity (Wildman–Crippen MR) is 75.3 cm³/mol. The van der Waals surface area contributed by atoms with Gasteiger partial charge in [0, 0.05) is 12.4 Å². The molecule has 0 saturated carbocycles. The second kappa shape index (κ2) is 5.80. The van der Waals surface area contributed by atoms with Crippen molar-refractivity contribution in [3.63, 3.8) is 0 Å². The monoisotopic (exact) mass is 275 g/mol. The normalized spacial score (nSPS) is 10.3. The molecule has 1 aromatic heterocycles. The molecule has 1 amide bonds. The lowest BCUT2D eigenvalue weighted by atomic mass is 10.0. The molecule has 0 radical (unpaired) electrons. The summed E-state index contributed by atoms with van der Waals surface area (Å²) in [6, 6.07) is 5.96. The van der Waals surface area contributed by atoms with Crippen molar-refractivity contribution in [2.24, 2.45) is 0 Å². The molecule has 0 spiro atoms. The predicted octanol–water partition coefficient (Wildman–Crippen LogP) is 2.93. The summed E-state index contributed by atoms with van der Waals surface area (Å²) in [6.45, 7) is 4.06. The maximum Gasteiger partial charge on any atom is 0.230 e.